The lowest BCUT2D eigenvalue weighted by atomic mass is 9.92. The fraction of sp³-hybridized carbons (Fsp3) is 0. The van der Waals surface area contributed by atoms with Crippen molar-refractivity contribution in [2.45, 2.75) is 0 Å². The molecule has 230 valence electrons. The third-order valence-electron chi connectivity index (χ3n) is 8.95. The maximum Gasteiger partial charge on any atom is 0.164 e. The van der Waals surface area contributed by atoms with Gasteiger partial charge < -0.3 is 0 Å². The highest BCUT2D eigenvalue weighted by Crippen LogP contribution is 2.48. The van der Waals surface area contributed by atoms with Crippen LogP contribution in [0.4, 0.5) is 0 Å². The van der Waals surface area contributed by atoms with Gasteiger partial charge in [-0.15, -0.1) is 11.3 Å². The first-order chi connectivity index (χ1) is 24.3. The molecule has 0 radical (unpaired) electrons. The summed E-state index contributed by atoms with van der Waals surface area (Å²) in [6, 6.07) is 61.6. The molecule has 0 bridgehead atoms. The minimum Gasteiger partial charge on any atom is -0.208 e. The largest absolute Gasteiger partial charge is 0.208 e. The van der Waals surface area contributed by atoms with Crippen molar-refractivity contribution in [1.82, 2.24) is 15.0 Å². The van der Waals surface area contributed by atoms with Crippen molar-refractivity contribution in [3.8, 4) is 67.5 Å². The highest BCUT2D eigenvalue weighted by Gasteiger charge is 2.19. The Morgan fingerprint density at radius 3 is 1.31 bits per heavy atom. The zero-order valence-electron chi connectivity index (χ0n) is 26.5. The molecule has 0 unspecified atom stereocenters. The van der Waals surface area contributed by atoms with E-state index in [0.717, 1.165) is 22.3 Å². The van der Waals surface area contributed by atoms with Crippen LogP contribution in [0.15, 0.2) is 176 Å². The summed E-state index contributed by atoms with van der Waals surface area (Å²) in [7, 11) is 0. The normalized spacial score (nSPS) is 11.3. The van der Waals surface area contributed by atoms with Crippen LogP contribution >= 0.6 is 11.3 Å². The molecule has 7 aromatic carbocycles. The van der Waals surface area contributed by atoms with Gasteiger partial charge in [-0.3, -0.25) is 0 Å². The van der Waals surface area contributed by atoms with E-state index in [9.17, 15) is 0 Å². The van der Waals surface area contributed by atoms with Gasteiger partial charge in [0, 0.05) is 36.9 Å². The van der Waals surface area contributed by atoms with Gasteiger partial charge in [-0.2, -0.15) is 0 Å². The average molecular weight is 644 g/mol. The molecule has 0 atom stereocenters. The molecule has 2 heterocycles. The first kappa shape index (κ1) is 29.0. The summed E-state index contributed by atoms with van der Waals surface area (Å²) in [6.07, 6.45) is 0. The van der Waals surface area contributed by atoms with Crippen LogP contribution in [0.25, 0.3) is 87.7 Å². The lowest BCUT2D eigenvalue weighted by molar-refractivity contribution is 1.07. The number of aromatic nitrogens is 3. The van der Waals surface area contributed by atoms with E-state index in [2.05, 4.69) is 115 Å². The number of fused-ring (bicyclic) bond motifs is 3. The summed E-state index contributed by atoms with van der Waals surface area (Å²) in [5.41, 5.74) is 10.1. The molecule has 0 aliphatic carbocycles. The molecule has 0 amide bonds. The Morgan fingerprint density at radius 1 is 0.306 bits per heavy atom. The van der Waals surface area contributed by atoms with E-state index in [1.807, 2.05) is 72.0 Å². The van der Waals surface area contributed by atoms with Crippen molar-refractivity contribution in [2.75, 3.05) is 0 Å². The lowest BCUT2D eigenvalue weighted by Crippen LogP contribution is -2.00. The molecule has 0 aliphatic heterocycles. The van der Waals surface area contributed by atoms with Gasteiger partial charge in [0.25, 0.3) is 0 Å². The van der Waals surface area contributed by atoms with Crippen molar-refractivity contribution in [3.05, 3.63) is 176 Å². The second kappa shape index (κ2) is 12.4. The summed E-state index contributed by atoms with van der Waals surface area (Å²) in [5.74, 6) is 1.96. The van der Waals surface area contributed by atoms with Gasteiger partial charge in [0.2, 0.25) is 0 Å². The van der Waals surface area contributed by atoms with E-state index < -0.39 is 0 Å². The Kier molecular flexibility index (Phi) is 7.34. The van der Waals surface area contributed by atoms with Gasteiger partial charge in [0.1, 0.15) is 0 Å². The molecule has 0 spiro atoms. The highest BCUT2D eigenvalue weighted by molar-refractivity contribution is 7.26. The Hall–Kier alpha value is -6.23. The van der Waals surface area contributed by atoms with E-state index in [4.69, 9.17) is 15.0 Å². The molecule has 9 aromatic rings. The molecule has 49 heavy (non-hydrogen) atoms. The van der Waals surface area contributed by atoms with Crippen LogP contribution in [0.1, 0.15) is 0 Å². The third-order valence-corrected chi connectivity index (χ3v) is 10.1. The van der Waals surface area contributed by atoms with Gasteiger partial charge in [-0.05, 0) is 45.5 Å². The molecule has 0 aliphatic rings. The number of thiophene rings is 1. The predicted octanol–water partition coefficient (Wildman–Crippen LogP) is 12.2. The summed E-state index contributed by atoms with van der Waals surface area (Å²) >= 11 is 1.86. The van der Waals surface area contributed by atoms with Gasteiger partial charge >= 0.3 is 0 Å². The smallest absolute Gasteiger partial charge is 0.164 e. The van der Waals surface area contributed by atoms with Crippen LogP contribution in [0.5, 0.6) is 0 Å². The minimum absolute atomic E-state index is 0.648. The Balaban J connectivity index is 1.26. The van der Waals surface area contributed by atoms with E-state index in [-0.39, 0.29) is 0 Å². The predicted molar refractivity (Wildman–Crippen MR) is 205 cm³/mol. The zero-order chi connectivity index (χ0) is 32.6. The molecule has 9 rings (SSSR count). The first-order valence-electron chi connectivity index (χ1n) is 16.4. The van der Waals surface area contributed by atoms with Crippen molar-refractivity contribution in [3.63, 3.8) is 0 Å². The maximum atomic E-state index is 5.01. The molecular weight excluding hydrogens is 615 g/mol. The standard InChI is InChI=1S/C45H29N3S/c1-5-15-30(16-6-1)36-25-14-26-39-40(36)41-37(31-17-7-2-8-18-31)27-28-38(42(41)49-39)34-23-13-24-35(29-34)45-47-43(32-19-9-3-10-20-32)46-44(48-45)33-21-11-4-12-22-33/h1-29H. The van der Waals surface area contributed by atoms with E-state index >= 15 is 0 Å². The SMILES string of the molecule is c1ccc(-c2nc(-c3ccccc3)nc(-c3cccc(-c4ccc(-c5ccccc5)c5c4sc4cccc(-c6ccccc6)c45)c3)n2)cc1. The van der Waals surface area contributed by atoms with Crippen molar-refractivity contribution < 1.29 is 0 Å². The highest BCUT2D eigenvalue weighted by atomic mass is 32.1. The van der Waals surface area contributed by atoms with Crippen molar-refractivity contribution in [1.29, 1.82) is 0 Å². The zero-order valence-corrected chi connectivity index (χ0v) is 27.3. The molecule has 3 nitrogen and oxygen atoms in total. The Labute approximate surface area is 288 Å². The fourth-order valence-corrected chi connectivity index (χ4v) is 7.92. The molecule has 0 saturated heterocycles. The number of rotatable bonds is 6. The first-order valence-corrected chi connectivity index (χ1v) is 17.2. The van der Waals surface area contributed by atoms with E-state index in [1.54, 1.807) is 0 Å². The average Bonchev–Trinajstić information content (AvgIpc) is 3.59. The number of benzene rings is 7. The van der Waals surface area contributed by atoms with Crippen LogP contribution in [0.2, 0.25) is 0 Å². The van der Waals surface area contributed by atoms with Crippen molar-refractivity contribution in [2.24, 2.45) is 0 Å². The molecule has 0 fully saturated rings. The summed E-state index contributed by atoms with van der Waals surface area (Å²) in [5, 5.41) is 2.58. The minimum atomic E-state index is 0.648. The number of nitrogens with zero attached hydrogens (tertiary/aromatic N) is 3. The molecule has 4 heteroatoms. The molecule has 0 N–H and O–H groups in total. The Bertz CT molecular complexity index is 2520. The topological polar surface area (TPSA) is 38.7 Å². The molecule has 0 saturated carbocycles. The summed E-state index contributed by atoms with van der Waals surface area (Å²) < 4.78 is 2.54. The van der Waals surface area contributed by atoms with Gasteiger partial charge in [0.05, 0.1) is 0 Å². The van der Waals surface area contributed by atoms with Gasteiger partial charge in [-0.1, -0.05) is 164 Å². The lowest BCUT2D eigenvalue weighted by Gasteiger charge is -2.12. The quantitative estimate of drug-likeness (QED) is 0.181. The fourth-order valence-electron chi connectivity index (χ4n) is 6.63. The van der Waals surface area contributed by atoms with Crippen LogP contribution in [-0.4, -0.2) is 15.0 Å². The molecule has 2 aromatic heterocycles. The third kappa shape index (κ3) is 5.38. The summed E-state index contributed by atoms with van der Waals surface area (Å²) in [6.45, 7) is 0. The second-order valence-electron chi connectivity index (χ2n) is 12.0. The Morgan fingerprint density at radius 2 is 0.735 bits per heavy atom. The van der Waals surface area contributed by atoms with Crippen LogP contribution in [0, 0.1) is 0 Å². The van der Waals surface area contributed by atoms with E-state index in [0.29, 0.717) is 17.5 Å². The maximum absolute atomic E-state index is 5.01. The van der Waals surface area contributed by atoms with E-state index in [1.165, 1.54) is 48.0 Å². The number of hydrogen-bond donors (Lipinski definition) is 0. The molecular formula is C45H29N3S. The van der Waals surface area contributed by atoms with Crippen LogP contribution in [-0.2, 0) is 0 Å². The van der Waals surface area contributed by atoms with Crippen LogP contribution in [0.3, 0.4) is 0 Å². The second-order valence-corrected chi connectivity index (χ2v) is 13.0. The number of hydrogen-bond acceptors (Lipinski definition) is 4. The summed E-state index contributed by atoms with van der Waals surface area (Å²) in [4.78, 5) is 14.9. The van der Waals surface area contributed by atoms with Gasteiger partial charge in [0.15, 0.2) is 17.5 Å². The monoisotopic (exact) mass is 643 g/mol. The van der Waals surface area contributed by atoms with Crippen LogP contribution < -0.4 is 0 Å². The van der Waals surface area contributed by atoms with Gasteiger partial charge in [-0.25, -0.2) is 15.0 Å². The van der Waals surface area contributed by atoms with Crippen molar-refractivity contribution >= 4 is 31.5 Å².